The van der Waals surface area contributed by atoms with Gasteiger partial charge in [-0.15, -0.1) is 0 Å². The van der Waals surface area contributed by atoms with Crippen molar-refractivity contribution in [2.24, 2.45) is 0 Å². The molecule has 5 N–H and O–H groups in total. The molecule has 0 heterocycles. The summed E-state index contributed by atoms with van der Waals surface area (Å²) >= 11 is 0. The molecule has 0 aliphatic rings. The molecule has 0 radical (unpaired) electrons. The molecule has 0 aromatic carbocycles. The van der Waals surface area contributed by atoms with Crippen LogP contribution in [0, 0.1) is 0 Å². The maximum absolute atomic E-state index is 13.6. The van der Waals surface area contributed by atoms with Gasteiger partial charge in [-0.3, -0.25) is 14.4 Å². The predicted octanol–water partition coefficient (Wildman–Crippen LogP) is 14.0. The van der Waals surface area contributed by atoms with Gasteiger partial charge in [-0.1, -0.05) is 191 Å². The third-order valence-electron chi connectivity index (χ3n) is 12.8. The minimum atomic E-state index is -2.83. The maximum atomic E-state index is 13.6. The molecular weight excluding hydrogens is 813 g/mol. The molecule has 0 aromatic heterocycles. The highest BCUT2D eigenvalue weighted by Gasteiger charge is 2.52. The fourth-order valence-corrected chi connectivity index (χ4v) is 8.28. The lowest BCUT2D eigenvalue weighted by molar-refractivity contribution is -0.174. The van der Waals surface area contributed by atoms with Crippen LogP contribution in [0.3, 0.4) is 0 Å². The first-order valence-corrected chi connectivity index (χ1v) is 27.2. The number of Topliss-reactive ketones (excluding diaryl/α,β-unsaturated/α-hetero) is 3. The monoisotopic (exact) mass is 915 g/mol. The molecule has 2 unspecified atom stereocenters. The number of allylic oxidation sites excluding steroid dienone is 6. The van der Waals surface area contributed by atoms with E-state index in [0.717, 1.165) is 135 Å². The van der Waals surface area contributed by atoms with E-state index in [1.54, 1.807) is 0 Å². The van der Waals surface area contributed by atoms with Crippen molar-refractivity contribution in [1.82, 2.24) is 0 Å². The van der Waals surface area contributed by atoms with Gasteiger partial charge in [-0.25, -0.2) is 0 Å². The third-order valence-corrected chi connectivity index (χ3v) is 12.8. The summed E-state index contributed by atoms with van der Waals surface area (Å²) in [5.41, 5.74) is -2.83. The van der Waals surface area contributed by atoms with Crippen molar-refractivity contribution in [3.05, 3.63) is 48.6 Å². The van der Waals surface area contributed by atoms with Gasteiger partial charge in [0.05, 0.1) is 12.2 Å². The summed E-state index contributed by atoms with van der Waals surface area (Å²) in [5.74, 6) is -2.31. The molecule has 65 heavy (non-hydrogen) atoms. The van der Waals surface area contributed by atoms with E-state index in [-0.39, 0.29) is 31.5 Å². The second-order valence-electron chi connectivity index (χ2n) is 19.0. The second kappa shape index (κ2) is 45.5. The average molecular weight is 915 g/mol. The summed E-state index contributed by atoms with van der Waals surface area (Å²) in [6.45, 7) is 6.58. The second-order valence-corrected chi connectivity index (χ2v) is 19.0. The number of hydrogen-bond donors (Lipinski definition) is 5. The van der Waals surface area contributed by atoms with E-state index >= 15 is 0 Å². The number of aliphatic hydroxyl groups is 5. The van der Waals surface area contributed by atoms with Crippen LogP contribution in [0.15, 0.2) is 48.6 Å². The van der Waals surface area contributed by atoms with Crippen molar-refractivity contribution in [3.63, 3.8) is 0 Å². The quantitative estimate of drug-likeness (QED) is 0.0230. The third kappa shape index (κ3) is 35.6. The fourth-order valence-electron chi connectivity index (χ4n) is 8.28. The van der Waals surface area contributed by atoms with Crippen LogP contribution < -0.4 is 0 Å². The Morgan fingerprint density at radius 1 is 0.400 bits per heavy atom. The van der Waals surface area contributed by atoms with Gasteiger partial charge in [0.1, 0.15) is 12.2 Å². The van der Waals surface area contributed by atoms with Crippen LogP contribution in [-0.4, -0.2) is 72.9 Å². The van der Waals surface area contributed by atoms with E-state index < -0.39 is 35.2 Å². The van der Waals surface area contributed by atoms with Crippen LogP contribution >= 0.6 is 0 Å². The average Bonchev–Trinajstić information content (AvgIpc) is 3.30. The molecule has 0 bridgehead atoms. The molecular formula is C57H102O8. The summed E-state index contributed by atoms with van der Waals surface area (Å²) < 4.78 is 0. The van der Waals surface area contributed by atoms with Gasteiger partial charge in [0, 0.05) is 19.3 Å². The molecule has 8 heteroatoms. The first-order valence-electron chi connectivity index (χ1n) is 27.2. The van der Waals surface area contributed by atoms with Crippen LogP contribution in [0.1, 0.15) is 265 Å². The van der Waals surface area contributed by atoms with Crippen molar-refractivity contribution in [1.29, 1.82) is 0 Å². The molecule has 4 atom stereocenters. The van der Waals surface area contributed by atoms with E-state index in [4.69, 9.17) is 0 Å². The Labute approximate surface area is 399 Å². The van der Waals surface area contributed by atoms with Crippen molar-refractivity contribution in [2.75, 3.05) is 0 Å². The minimum absolute atomic E-state index is 0.00478. The Bertz CT molecular complexity index is 1180. The van der Waals surface area contributed by atoms with E-state index in [9.17, 15) is 39.9 Å². The Morgan fingerprint density at radius 3 is 1.14 bits per heavy atom. The number of unbranched alkanes of at least 4 members (excludes halogenated alkanes) is 24. The van der Waals surface area contributed by atoms with Crippen LogP contribution in [0.2, 0.25) is 0 Å². The Morgan fingerprint density at radius 2 is 0.723 bits per heavy atom. The standard InChI is InChI=1S/C57H102O8/c1-4-7-10-13-14-15-16-17-18-19-20-21-28-33-40-47-52(60)55(63)56(64)57(65,53(61)48-41-34-29-24-22-26-31-38-45-50(58)43-36-11-8-5-2)54(62)49-42-35-30-25-23-27-32-39-46-51(59)44-37-12-9-6-3/h14-15,17-18,31-32,38-39,50-51,55-56,58-59,63-65H,4-13,16,19-30,33-37,40-49H2,1-3H3/b15-14-,18-17-,38-31-,39-32-/t50-,51-,55?,56?/m1/s1. The van der Waals surface area contributed by atoms with Crippen molar-refractivity contribution >= 4 is 17.3 Å². The van der Waals surface area contributed by atoms with Crippen LogP contribution in [0.5, 0.6) is 0 Å². The Kier molecular flexibility index (Phi) is 44.0. The topological polar surface area (TPSA) is 152 Å². The highest BCUT2D eigenvalue weighted by atomic mass is 16.4. The predicted molar refractivity (Wildman–Crippen MR) is 273 cm³/mol. The van der Waals surface area contributed by atoms with Crippen molar-refractivity contribution in [3.8, 4) is 0 Å². The first kappa shape index (κ1) is 62.8. The van der Waals surface area contributed by atoms with E-state index in [0.29, 0.717) is 32.1 Å². The van der Waals surface area contributed by atoms with Gasteiger partial charge in [0.25, 0.3) is 0 Å². The molecule has 0 aliphatic carbocycles. The van der Waals surface area contributed by atoms with Gasteiger partial charge >= 0.3 is 0 Å². The lowest BCUT2D eigenvalue weighted by Crippen LogP contribution is -2.61. The Hall–Kier alpha value is -2.23. The highest BCUT2D eigenvalue weighted by molar-refractivity contribution is 6.11. The number of carbonyl (C=O) groups is 3. The summed E-state index contributed by atoms with van der Waals surface area (Å²) in [7, 11) is 0. The molecule has 0 amide bonds. The molecule has 8 nitrogen and oxygen atoms in total. The maximum Gasteiger partial charge on any atom is 0.210 e. The minimum Gasteiger partial charge on any atom is -0.393 e. The molecule has 0 fully saturated rings. The molecule has 0 aliphatic heterocycles. The summed E-state index contributed by atoms with van der Waals surface area (Å²) in [5, 5.41) is 54.2. The molecule has 0 spiro atoms. The molecule has 0 rings (SSSR count). The van der Waals surface area contributed by atoms with Gasteiger partial charge in [0.2, 0.25) is 5.60 Å². The van der Waals surface area contributed by atoms with Gasteiger partial charge in [0.15, 0.2) is 17.3 Å². The molecule has 0 aromatic rings. The summed E-state index contributed by atoms with van der Waals surface area (Å²) in [4.78, 5) is 40.3. The van der Waals surface area contributed by atoms with Crippen molar-refractivity contribution in [2.45, 2.75) is 295 Å². The SMILES string of the molecule is CCCCC/C=C\C/C=C\CCCCCCCC(=O)C(O)C(O)C(O)(C(=O)CCCCCCC/C=C\C[C@H](O)CCCCCC)C(=O)CCCCCCC/C=C\C[C@H](O)CCCCCC. The number of rotatable bonds is 49. The zero-order valence-electron chi connectivity index (χ0n) is 42.3. The normalized spacial score (nSPS) is 14.3. The zero-order chi connectivity index (χ0) is 48.1. The lowest BCUT2D eigenvalue weighted by Gasteiger charge is -2.32. The van der Waals surface area contributed by atoms with Crippen molar-refractivity contribution < 1.29 is 39.9 Å². The molecule has 378 valence electrons. The lowest BCUT2D eigenvalue weighted by atomic mass is 9.79. The van der Waals surface area contributed by atoms with E-state index in [1.165, 1.54) is 57.8 Å². The number of aliphatic hydroxyl groups excluding tert-OH is 4. The smallest absolute Gasteiger partial charge is 0.210 e. The molecule has 0 saturated heterocycles. The van der Waals surface area contributed by atoms with Crippen LogP contribution in [0.25, 0.3) is 0 Å². The van der Waals surface area contributed by atoms with Gasteiger partial charge < -0.3 is 25.5 Å². The van der Waals surface area contributed by atoms with E-state index in [1.807, 2.05) is 0 Å². The van der Waals surface area contributed by atoms with Crippen LogP contribution in [0.4, 0.5) is 0 Å². The summed E-state index contributed by atoms with van der Waals surface area (Å²) in [6, 6.07) is 0. The fraction of sp³-hybridized carbons (Fsp3) is 0.807. The molecule has 0 saturated carbocycles. The highest BCUT2D eigenvalue weighted by Crippen LogP contribution is 2.25. The number of ketones is 3. The Balaban J connectivity index is 4.94. The first-order chi connectivity index (χ1) is 31.6. The summed E-state index contributed by atoms with van der Waals surface area (Å²) in [6.07, 6.45) is 45.7. The van der Waals surface area contributed by atoms with Gasteiger partial charge in [-0.05, 0) is 103 Å². The van der Waals surface area contributed by atoms with Gasteiger partial charge in [-0.2, -0.15) is 0 Å². The van der Waals surface area contributed by atoms with E-state index in [2.05, 4.69) is 69.4 Å². The largest absolute Gasteiger partial charge is 0.393 e. The number of hydrogen-bond acceptors (Lipinski definition) is 8. The van der Waals surface area contributed by atoms with Crippen LogP contribution in [-0.2, 0) is 14.4 Å². The number of carbonyl (C=O) groups excluding carboxylic acids is 3. The zero-order valence-corrected chi connectivity index (χ0v) is 42.3.